The summed E-state index contributed by atoms with van der Waals surface area (Å²) in [7, 11) is -3.88. The number of hydrogen-bond donors (Lipinski definition) is 7. The van der Waals surface area contributed by atoms with Crippen LogP contribution in [0.4, 0.5) is 5.69 Å². The first kappa shape index (κ1) is 19.9. The van der Waals surface area contributed by atoms with Crippen LogP contribution in [0.1, 0.15) is 0 Å². The minimum Gasteiger partial charge on any atom is -0.394 e. The van der Waals surface area contributed by atoms with Crippen LogP contribution in [0.5, 0.6) is 0 Å². The molecular weight excluding hydrogens is 374 g/mol. The number of thiocarbonyl (C=S) groups is 1. The standard InChI is InChI=1S/C13H19N3O7S2/c14-25(21,22)7-3-1-2-6(4-7)15-13(24)16-9-11(19)10(18)8(5-17)23-12(9)20/h1-4,8-12,17-20H,5H2,(H2,14,21,22)(H2,15,16,24)/t8-,9-,10+,11-,12?/m1/s1. The summed E-state index contributed by atoms with van der Waals surface area (Å²) >= 11 is 5.04. The summed E-state index contributed by atoms with van der Waals surface area (Å²) < 4.78 is 27.7. The van der Waals surface area contributed by atoms with Gasteiger partial charge < -0.3 is 35.8 Å². The quantitative estimate of drug-likeness (QED) is 0.269. The minimum absolute atomic E-state index is 0.0621. The number of nitrogens with one attached hydrogen (secondary N) is 2. The second kappa shape index (κ2) is 7.88. The van der Waals surface area contributed by atoms with Gasteiger partial charge in [0.05, 0.1) is 11.5 Å². The highest BCUT2D eigenvalue weighted by Gasteiger charge is 2.43. The Hall–Kier alpha value is -1.38. The van der Waals surface area contributed by atoms with Crippen LogP contribution in [0.2, 0.25) is 0 Å². The summed E-state index contributed by atoms with van der Waals surface area (Å²) in [5, 5.41) is 49.0. The van der Waals surface area contributed by atoms with Gasteiger partial charge in [-0.25, -0.2) is 13.6 Å². The van der Waals surface area contributed by atoms with E-state index >= 15 is 0 Å². The maximum absolute atomic E-state index is 11.3. The maximum atomic E-state index is 11.3. The molecule has 1 fully saturated rings. The number of benzene rings is 1. The molecule has 1 aromatic rings. The predicted molar refractivity (Wildman–Crippen MR) is 90.9 cm³/mol. The van der Waals surface area contributed by atoms with Crippen LogP contribution in [0.3, 0.4) is 0 Å². The topological polar surface area (TPSA) is 174 Å². The first-order chi connectivity index (χ1) is 11.6. The van der Waals surface area contributed by atoms with E-state index in [1.54, 1.807) is 0 Å². The van der Waals surface area contributed by atoms with Gasteiger partial charge in [-0.15, -0.1) is 0 Å². The third-order valence-corrected chi connectivity index (χ3v) is 4.75. The summed E-state index contributed by atoms with van der Waals surface area (Å²) in [6.45, 7) is -0.578. The van der Waals surface area contributed by atoms with Gasteiger partial charge in [-0.2, -0.15) is 0 Å². The Morgan fingerprint density at radius 3 is 2.56 bits per heavy atom. The molecule has 1 heterocycles. The van der Waals surface area contributed by atoms with Gasteiger partial charge in [0, 0.05) is 5.69 Å². The molecular formula is C13H19N3O7S2. The summed E-state index contributed by atoms with van der Waals surface area (Å²) in [5.41, 5.74) is 0.304. The zero-order chi connectivity index (χ0) is 18.8. The fourth-order valence-corrected chi connectivity index (χ4v) is 3.14. The van der Waals surface area contributed by atoms with Crippen molar-refractivity contribution in [2.24, 2.45) is 5.14 Å². The maximum Gasteiger partial charge on any atom is 0.238 e. The SMILES string of the molecule is NS(=O)(=O)c1cccc(NC(=S)N[C@H]2C(O)O[C@H](CO)[C@H](O)[C@@H]2O)c1. The fourth-order valence-electron chi connectivity index (χ4n) is 2.32. The molecule has 140 valence electrons. The third-order valence-electron chi connectivity index (χ3n) is 3.62. The van der Waals surface area contributed by atoms with E-state index in [0.717, 1.165) is 0 Å². The Balaban J connectivity index is 2.05. The van der Waals surface area contributed by atoms with Crippen LogP contribution in [-0.2, 0) is 14.8 Å². The number of nitrogens with two attached hydrogens (primary N) is 1. The normalized spacial score (nSPS) is 29.9. The Labute approximate surface area is 149 Å². The van der Waals surface area contributed by atoms with Gasteiger partial charge in [-0.1, -0.05) is 6.07 Å². The zero-order valence-electron chi connectivity index (χ0n) is 12.8. The molecule has 25 heavy (non-hydrogen) atoms. The molecule has 0 radical (unpaired) electrons. The molecule has 1 aliphatic heterocycles. The third kappa shape index (κ3) is 4.83. The van der Waals surface area contributed by atoms with Gasteiger partial charge in [0.15, 0.2) is 11.4 Å². The molecule has 8 N–H and O–H groups in total. The van der Waals surface area contributed by atoms with Crippen molar-refractivity contribution >= 4 is 33.0 Å². The molecule has 0 spiro atoms. The van der Waals surface area contributed by atoms with Gasteiger partial charge in [0.2, 0.25) is 10.0 Å². The first-order valence-electron chi connectivity index (χ1n) is 7.14. The Kier molecular flexibility index (Phi) is 6.29. The lowest BCUT2D eigenvalue weighted by atomic mass is 9.97. The molecule has 1 unspecified atom stereocenters. The highest BCUT2D eigenvalue weighted by atomic mass is 32.2. The van der Waals surface area contributed by atoms with Crippen LogP contribution in [0.25, 0.3) is 0 Å². The van der Waals surface area contributed by atoms with Crippen molar-refractivity contribution in [2.45, 2.75) is 35.5 Å². The minimum atomic E-state index is -3.88. The Morgan fingerprint density at radius 2 is 1.96 bits per heavy atom. The number of anilines is 1. The molecule has 2 rings (SSSR count). The van der Waals surface area contributed by atoms with Crippen molar-refractivity contribution < 1.29 is 33.6 Å². The van der Waals surface area contributed by atoms with Crippen molar-refractivity contribution in [1.82, 2.24) is 5.32 Å². The molecule has 0 aliphatic carbocycles. The van der Waals surface area contributed by atoms with Gasteiger partial charge in [0.25, 0.3) is 0 Å². The second-order valence-corrected chi connectivity index (χ2v) is 7.40. The van der Waals surface area contributed by atoms with Crippen molar-refractivity contribution in [1.29, 1.82) is 0 Å². The molecule has 1 aliphatic rings. The Bertz CT molecular complexity index is 730. The first-order valence-corrected chi connectivity index (χ1v) is 9.10. The van der Waals surface area contributed by atoms with Crippen LogP contribution >= 0.6 is 12.2 Å². The molecule has 12 heteroatoms. The molecule has 10 nitrogen and oxygen atoms in total. The largest absolute Gasteiger partial charge is 0.394 e. The lowest BCUT2D eigenvalue weighted by Gasteiger charge is -2.40. The highest BCUT2D eigenvalue weighted by Crippen LogP contribution is 2.20. The molecule has 1 saturated heterocycles. The lowest BCUT2D eigenvalue weighted by molar-refractivity contribution is -0.251. The van der Waals surface area contributed by atoms with Crippen molar-refractivity contribution in [3.63, 3.8) is 0 Å². The summed E-state index contributed by atoms with van der Waals surface area (Å²) in [6.07, 6.45) is -5.56. The van der Waals surface area contributed by atoms with Gasteiger partial charge in [-0.3, -0.25) is 0 Å². The van der Waals surface area contributed by atoms with E-state index in [9.17, 15) is 23.7 Å². The van der Waals surface area contributed by atoms with E-state index in [1.165, 1.54) is 24.3 Å². The van der Waals surface area contributed by atoms with E-state index < -0.39 is 47.3 Å². The predicted octanol–water partition coefficient (Wildman–Crippen LogP) is -2.58. The van der Waals surface area contributed by atoms with Crippen molar-refractivity contribution in [3.8, 4) is 0 Å². The van der Waals surface area contributed by atoms with Gasteiger partial charge in [0.1, 0.15) is 24.4 Å². The monoisotopic (exact) mass is 393 g/mol. The lowest BCUT2D eigenvalue weighted by Crippen LogP contribution is -2.64. The number of aliphatic hydroxyl groups is 4. The number of sulfonamides is 1. The second-order valence-electron chi connectivity index (χ2n) is 5.43. The number of primary sulfonamides is 1. The number of ether oxygens (including phenoxy) is 1. The molecule has 0 amide bonds. The van der Waals surface area contributed by atoms with E-state index in [-0.39, 0.29) is 10.0 Å². The number of aliphatic hydroxyl groups excluding tert-OH is 4. The Morgan fingerprint density at radius 1 is 1.28 bits per heavy atom. The molecule has 0 saturated carbocycles. The van der Waals surface area contributed by atoms with Crippen LogP contribution in [0.15, 0.2) is 29.2 Å². The van der Waals surface area contributed by atoms with Crippen molar-refractivity contribution in [3.05, 3.63) is 24.3 Å². The average Bonchev–Trinajstić information content (AvgIpc) is 2.54. The van der Waals surface area contributed by atoms with Gasteiger partial charge in [-0.05, 0) is 30.4 Å². The molecule has 0 aromatic heterocycles. The highest BCUT2D eigenvalue weighted by molar-refractivity contribution is 7.89. The number of hydrogen-bond acceptors (Lipinski definition) is 8. The van der Waals surface area contributed by atoms with Crippen LogP contribution < -0.4 is 15.8 Å². The fraction of sp³-hybridized carbons (Fsp3) is 0.462. The van der Waals surface area contributed by atoms with Crippen LogP contribution in [-0.4, -0.2) is 71.2 Å². The molecule has 0 bridgehead atoms. The van der Waals surface area contributed by atoms with Gasteiger partial charge >= 0.3 is 0 Å². The van der Waals surface area contributed by atoms with E-state index in [4.69, 9.17) is 27.2 Å². The smallest absolute Gasteiger partial charge is 0.238 e. The summed E-state index contributed by atoms with van der Waals surface area (Å²) in [6, 6.07) is 4.38. The van der Waals surface area contributed by atoms with E-state index in [2.05, 4.69) is 10.6 Å². The van der Waals surface area contributed by atoms with E-state index in [0.29, 0.717) is 5.69 Å². The summed E-state index contributed by atoms with van der Waals surface area (Å²) in [5.74, 6) is 0. The number of rotatable bonds is 4. The molecule has 1 aromatic carbocycles. The van der Waals surface area contributed by atoms with E-state index in [1.807, 2.05) is 0 Å². The molecule has 5 atom stereocenters. The summed E-state index contributed by atoms with van der Waals surface area (Å²) in [4.78, 5) is -0.123. The zero-order valence-corrected chi connectivity index (χ0v) is 14.4. The average molecular weight is 393 g/mol. The van der Waals surface area contributed by atoms with Crippen molar-refractivity contribution in [2.75, 3.05) is 11.9 Å². The van der Waals surface area contributed by atoms with Crippen LogP contribution in [0, 0.1) is 0 Å².